The topological polar surface area (TPSA) is 87.7 Å². The van der Waals surface area contributed by atoms with Gasteiger partial charge in [-0.3, -0.25) is 10.2 Å². The third-order valence-electron chi connectivity index (χ3n) is 4.60. The molecule has 1 unspecified atom stereocenters. The Morgan fingerprint density at radius 2 is 2.15 bits per heavy atom. The summed E-state index contributed by atoms with van der Waals surface area (Å²) >= 11 is 0. The number of rotatable bonds is 2. The number of pyridine rings is 2. The van der Waals surface area contributed by atoms with Crippen LogP contribution in [0.5, 0.6) is 0 Å². The number of nitrogens with one attached hydrogen (secondary N) is 1. The molecule has 2 aromatic rings. The number of hydrogen-bond donors (Lipinski definition) is 1. The van der Waals surface area contributed by atoms with Crippen LogP contribution in [-0.2, 0) is 4.74 Å². The number of urea groups is 1. The van der Waals surface area contributed by atoms with Gasteiger partial charge in [-0.1, -0.05) is 0 Å². The van der Waals surface area contributed by atoms with Crippen molar-refractivity contribution < 1.29 is 23.1 Å². The van der Waals surface area contributed by atoms with Crippen LogP contribution in [0.2, 0.25) is 0 Å². The average molecular weight is 375 g/mol. The van der Waals surface area contributed by atoms with Gasteiger partial charge in [0, 0.05) is 19.2 Å². The molecule has 8 nitrogen and oxygen atoms in total. The predicted octanol–water partition coefficient (Wildman–Crippen LogP) is 2.17. The van der Waals surface area contributed by atoms with Crippen molar-refractivity contribution in [3.63, 3.8) is 0 Å². The van der Waals surface area contributed by atoms with Crippen LogP contribution in [0.1, 0.15) is 16.9 Å². The lowest BCUT2D eigenvalue weighted by atomic mass is 10.2. The van der Waals surface area contributed by atoms with Gasteiger partial charge >= 0.3 is 12.0 Å². The number of carbonyl (C=O) groups is 2. The van der Waals surface area contributed by atoms with E-state index >= 15 is 0 Å². The highest BCUT2D eigenvalue weighted by Crippen LogP contribution is 2.39. The molecule has 1 atom stereocenters. The molecule has 4 rings (SSSR count). The molecule has 2 aliphatic rings. The van der Waals surface area contributed by atoms with Crippen molar-refractivity contribution in [1.82, 2.24) is 9.97 Å². The van der Waals surface area contributed by atoms with E-state index < -0.39 is 23.6 Å². The molecule has 1 fully saturated rings. The van der Waals surface area contributed by atoms with E-state index in [0.29, 0.717) is 24.7 Å². The summed E-state index contributed by atoms with van der Waals surface area (Å²) < 4.78 is 31.6. The molecule has 4 heterocycles. The molecule has 0 spiro atoms. The fourth-order valence-corrected chi connectivity index (χ4v) is 3.36. The first-order chi connectivity index (χ1) is 13.0. The highest BCUT2D eigenvalue weighted by Gasteiger charge is 2.40. The van der Waals surface area contributed by atoms with Crippen LogP contribution in [0.3, 0.4) is 0 Å². The first-order valence-electron chi connectivity index (χ1n) is 8.23. The average Bonchev–Trinajstić information content (AvgIpc) is 3.07. The first kappa shape index (κ1) is 17.1. The second kappa shape index (κ2) is 6.45. The lowest BCUT2D eigenvalue weighted by molar-refractivity contribution is 0.0594. The van der Waals surface area contributed by atoms with E-state index in [-0.39, 0.29) is 23.4 Å². The molecular weight excluding hydrogens is 360 g/mol. The van der Waals surface area contributed by atoms with Crippen LogP contribution in [0, 0.1) is 11.6 Å². The molecule has 140 valence electrons. The Hall–Kier alpha value is -3.30. The van der Waals surface area contributed by atoms with Gasteiger partial charge in [-0.15, -0.1) is 0 Å². The minimum atomic E-state index is -0.982. The second-order valence-electron chi connectivity index (χ2n) is 6.20. The van der Waals surface area contributed by atoms with Crippen molar-refractivity contribution in [3.8, 4) is 0 Å². The van der Waals surface area contributed by atoms with Crippen LogP contribution >= 0.6 is 0 Å². The Kier molecular flexibility index (Phi) is 4.09. The Balaban J connectivity index is 1.70. The molecule has 0 aromatic carbocycles. The minimum Gasteiger partial charge on any atom is -0.464 e. The van der Waals surface area contributed by atoms with E-state index in [9.17, 15) is 18.4 Å². The number of halogens is 2. The number of nitrogens with zero attached hydrogens (tertiary/aromatic N) is 4. The largest absolute Gasteiger partial charge is 0.464 e. The van der Waals surface area contributed by atoms with Crippen LogP contribution in [-0.4, -0.2) is 48.2 Å². The summed E-state index contributed by atoms with van der Waals surface area (Å²) in [6, 6.07) is 3.02. The second-order valence-corrected chi connectivity index (χ2v) is 6.20. The van der Waals surface area contributed by atoms with Crippen LogP contribution in [0.4, 0.5) is 30.9 Å². The number of fused-ring (bicyclic) bond motifs is 4. The minimum absolute atomic E-state index is 0.0580. The van der Waals surface area contributed by atoms with E-state index in [2.05, 4.69) is 24.9 Å². The van der Waals surface area contributed by atoms with Crippen LogP contribution in [0.25, 0.3) is 0 Å². The maximum Gasteiger partial charge on any atom is 0.356 e. The molecule has 1 saturated heterocycles. The molecule has 27 heavy (non-hydrogen) atoms. The number of esters is 1. The molecule has 1 N–H and O–H groups in total. The fourth-order valence-electron chi connectivity index (χ4n) is 3.36. The highest BCUT2D eigenvalue weighted by atomic mass is 19.1. The Morgan fingerprint density at radius 1 is 1.33 bits per heavy atom. The predicted molar refractivity (Wildman–Crippen MR) is 91.8 cm³/mol. The van der Waals surface area contributed by atoms with Crippen molar-refractivity contribution in [1.29, 1.82) is 0 Å². The van der Waals surface area contributed by atoms with Gasteiger partial charge in [-0.2, -0.15) is 0 Å². The van der Waals surface area contributed by atoms with E-state index in [1.165, 1.54) is 18.1 Å². The third-order valence-corrected chi connectivity index (χ3v) is 4.60. The molecule has 10 heteroatoms. The fraction of sp³-hybridized carbons (Fsp3) is 0.294. The summed E-state index contributed by atoms with van der Waals surface area (Å²) in [5, 5.41) is 2.35. The monoisotopic (exact) mass is 375 g/mol. The van der Waals surface area contributed by atoms with Gasteiger partial charge in [-0.25, -0.2) is 28.3 Å². The van der Waals surface area contributed by atoms with Crippen molar-refractivity contribution in [3.05, 3.63) is 41.7 Å². The van der Waals surface area contributed by atoms with Gasteiger partial charge in [0.1, 0.15) is 5.82 Å². The summed E-state index contributed by atoms with van der Waals surface area (Å²) in [5.41, 5.74) is 0.752. The zero-order valence-electron chi connectivity index (χ0n) is 14.3. The molecule has 2 aliphatic heterocycles. The zero-order chi connectivity index (χ0) is 19.1. The van der Waals surface area contributed by atoms with Crippen molar-refractivity contribution >= 4 is 29.3 Å². The number of amides is 2. The van der Waals surface area contributed by atoms with E-state index in [0.717, 1.165) is 12.7 Å². The van der Waals surface area contributed by atoms with Crippen molar-refractivity contribution in [2.24, 2.45) is 0 Å². The Morgan fingerprint density at radius 3 is 2.89 bits per heavy atom. The maximum atomic E-state index is 13.9. The van der Waals surface area contributed by atoms with Gasteiger partial charge in [0.05, 0.1) is 25.0 Å². The standard InChI is InChI=1S/C17H15F2N5O3/c1-27-16(25)12-2-3-13-15(21-12)24(10-4-5-23(13)8-10)17(26)22-14-11(19)6-9(18)7-20-14/h2-3,6-7,10H,4-5,8H2,1H3,(H,20,22,26). The number of ether oxygens (including phenoxy) is 1. The molecule has 0 saturated carbocycles. The van der Waals surface area contributed by atoms with Crippen molar-refractivity contribution in [2.45, 2.75) is 12.5 Å². The lowest BCUT2D eigenvalue weighted by Gasteiger charge is -2.35. The summed E-state index contributed by atoms with van der Waals surface area (Å²) in [4.78, 5) is 36.0. The number of anilines is 3. The highest BCUT2D eigenvalue weighted by molar-refractivity contribution is 6.04. The Labute approximate surface area is 152 Å². The van der Waals surface area contributed by atoms with Crippen LogP contribution < -0.4 is 15.1 Å². The van der Waals surface area contributed by atoms with Gasteiger partial charge < -0.3 is 9.64 Å². The summed E-state index contributed by atoms with van der Waals surface area (Å²) in [6.07, 6.45) is 1.50. The van der Waals surface area contributed by atoms with Gasteiger partial charge in [0.2, 0.25) is 0 Å². The molecular formula is C17H15F2N5O3. The van der Waals surface area contributed by atoms with Gasteiger partial charge in [-0.05, 0) is 18.6 Å². The zero-order valence-corrected chi connectivity index (χ0v) is 14.3. The van der Waals surface area contributed by atoms with E-state index in [1.54, 1.807) is 6.07 Å². The first-order valence-corrected chi connectivity index (χ1v) is 8.23. The molecule has 2 aromatic heterocycles. The SMILES string of the molecule is COC(=O)c1ccc2c(n1)N(C(=O)Nc1ncc(F)cc1F)C1CCN2C1. The lowest BCUT2D eigenvalue weighted by Crippen LogP contribution is -2.48. The number of methoxy groups -OCH3 is 1. The number of carbonyl (C=O) groups excluding carboxylic acids is 2. The number of hydrogen-bond acceptors (Lipinski definition) is 6. The molecule has 2 bridgehead atoms. The normalized spacial score (nSPS) is 17.5. The third kappa shape index (κ3) is 2.92. The maximum absolute atomic E-state index is 13.9. The quantitative estimate of drug-likeness (QED) is 0.810. The molecule has 2 amide bonds. The molecule has 0 radical (unpaired) electrons. The summed E-state index contributed by atoms with van der Waals surface area (Å²) in [5.74, 6) is -2.55. The van der Waals surface area contributed by atoms with Crippen LogP contribution in [0.15, 0.2) is 24.4 Å². The van der Waals surface area contributed by atoms with E-state index in [4.69, 9.17) is 0 Å². The summed E-state index contributed by atoms with van der Waals surface area (Å²) in [6.45, 7) is 1.32. The summed E-state index contributed by atoms with van der Waals surface area (Å²) in [7, 11) is 1.24. The van der Waals surface area contributed by atoms with Crippen molar-refractivity contribution in [2.75, 3.05) is 35.3 Å². The smallest absolute Gasteiger partial charge is 0.356 e. The molecule has 0 aliphatic carbocycles. The Bertz CT molecular complexity index is 939. The van der Waals surface area contributed by atoms with E-state index in [1.807, 2.05) is 0 Å². The van der Waals surface area contributed by atoms with Gasteiger partial charge in [0.15, 0.2) is 23.1 Å². The number of aromatic nitrogens is 2. The van der Waals surface area contributed by atoms with Gasteiger partial charge in [0.25, 0.3) is 0 Å².